The molecule has 1 unspecified atom stereocenters. The number of nitrogens with zero attached hydrogens (tertiary/aromatic N) is 2. The second kappa shape index (κ2) is 3.65. The number of hydrogen-bond acceptors (Lipinski definition) is 5. The zero-order chi connectivity index (χ0) is 12.7. The molecule has 8 nitrogen and oxygen atoms in total. The Hall–Kier alpha value is -2.25. The molecule has 1 N–H and O–H groups in total. The van der Waals surface area contributed by atoms with Crippen LogP contribution in [0.3, 0.4) is 0 Å². The van der Waals surface area contributed by atoms with Gasteiger partial charge in [0.25, 0.3) is 5.91 Å². The fraction of sp³-hybridized carbons (Fsp3) is 0.444. The van der Waals surface area contributed by atoms with Gasteiger partial charge in [-0.2, -0.15) is 0 Å². The lowest BCUT2D eigenvalue weighted by atomic mass is 10.0. The van der Waals surface area contributed by atoms with Gasteiger partial charge in [0.05, 0.1) is 0 Å². The number of carbonyl (C=O) groups is 5. The molecule has 0 aromatic carbocycles. The molecule has 0 aromatic heterocycles. The maximum Gasteiger partial charge on any atom is 0.332 e. The van der Waals surface area contributed by atoms with E-state index in [1.54, 1.807) is 5.32 Å². The van der Waals surface area contributed by atoms with Gasteiger partial charge in [-0.05, 0) is 6.42 Å². The summed E-state index contributed by atoms with van der Waals surface area (Å²) in [5.74, 6) is -3.14. The highest BCUT2D eigenvalue weighted by molar-refractivity contribution is 6.45. The van der Waals surface area contributed by atoms with Crippen molar-refractivity contribution >= 4 is 29.7 Å². The van der Waals surface area contributed by atoms with Gasteiger partial charge in [-0.1, -0.05) is 0 Å². The van der Waals surface area contributed by atoms with Gasteiger partial charge >= 0.3 is 17.8 Å². The van der Waals surface area contributed by atoms with Crippen LogP contribution in [0.4, 0.5) is 4.79 Å². The Morgan fingerprint density at radius 3 is 2.35 bits per heavy atom. The highest BCUT2D eigenvalue weighted by Crippen LogP contribution is 2.19. The number of imide groups is 3. The fourth-order valence-electron chi connectivity index (χ4n) is 1.83. The van der Waals surface area contributed by atoms with E-state index >= 15 is 0 Å². The summed E-state index contributed by atoms with van der Waals surface area (Å²) in [5, 5.41) is 1.80. The summed E-state index contributed by atoms with van der Waals surface area (Å²) < 4.78 is 0. The first-order chi connectivity index (χ1) is 7.93. The average Bonchev–Trinajstić information content (AvgIpc) is 2.52. The molecule has 2 aliphatic rings. The smallest absolute Gasteiger partial charge is 0.284 e. The molecule has 2 rings (SSSR count). The normalized spacial score (nSPS) is 25.7. The van der Waals surface area contributed by atoms with Crippen LogP contribution >= 0.6 is 0 Å². The first-order valence-corrected chi connectivity index (χ1v) is 4.92. The number of hydrogen-bond donors (Lipinski definition) is 1. The molecular weight excluding hydrogens is 230 g/mol. The molecule has 17 heavy (non-hydrogen) atoms. The van der Waals surface area contributed by atoms with Crippen LogP contribution in [0.15, 0.2) is 0 Å². The van der Waals surface area contributed by atoms with Crippen molar-refractivity contribution in [2.75, 3.05) is 7.05 Å². The third-order valence-electron chi connectivity index (χ3n) is 2.79. The van der Waals surface area contributed by atoms with Gasteiger partial charge in [-0.25, -0.2) is 9.69 Å². The maximum absolute atomic E-state index is 11.7. The Kier molecular flexibility index (Phi) is 2.41. The van der Waals surface area contributed by atoms with Crippen molar-refractivity contribution in [1.82, 2.24) is 15.1 Å². The number of piperidine rings is 1. The van der Waals surface area contributed by atoms with Crippen LogP contribution in [0.2, 0.25) is 0 Å². The summed E-state index contributed by atoms with van der Waals surface area (Å²) in [7, 11) is 1.27. The fourth-order valence-corrected chi connectivity index (χ4v) is 1.83. The molecule has 2 saturated heterocycles. The predicted molar refractivity (Wildman–Crippen MR) is 51.2 cm³/mol. The van der Waals surface area contributed by atoms with Gasteiger partial charge in [0.1, 0.15) is 6.04 Å². The third kappa shape index (κ3) is 1.57. The summed E-state index contributed by atoms with van der Waals surface area (Å²) in [6.07, 6.45) is 0.104. The minimum absolute atomic E-state index is 0.0500. The van der Waals surface area contributed by atoms with Crippen LogP contribution in [0, 0.1) is 0 Å². The van der Waals surface area contributed by atoms with Crippen LogP contribution in [0.5, 0.6) is 0 Å². The molecule has 2 fully saturated rings. The summed E-state index contributed by atoms with van der Waals surface area (Å²) >= 11 is 0. The van der Waals surface area contributed by atoms with Crippen LogP contribution < -0.4 is 5.32 Å². The monoisotopic (exact) mass is 239 g/mol. The number of urea groups is 1. The molecule has 0 bridgehead atoms. The van der Waals surface area contributed by atoms with E-state index < -0.39 is 29.8 Å². The summed E-state index contributed by atoms with van der Waals surface area (Å²) in [5.41, 5.74) is 0. The van der Waals surface area contributed by atoms with Gasteiger partial charge in [0, 0.05) is 13.5 Å². The Morgan fingerprint density at radius 1 is 1.18 bits per heavy atom. The number of likely N-dealkylation sites (N-methyl/N-ethyl adjacent to an activating group) is 1. The molecule has 0 saturated carbocycles. The SMILES string of the molecule is CN1C(=O)CCC(N2C(=O)NC(=O)C2=O)C1=O. The lowest BCUT2D eigenvalue weighted by Gasteiger charge is -2.31. The lowest BCUT2D eigenvalue weighted by Crippen LogP contribution is -2.55. The second-order valence-corrected chi connectivity index (χ2v) is 3.78. The number of rotatable bonds is 1. The van der Waals surface area contributed by atoms with Gasteiger partial charge in [0.2, 0.25) is 5.91 Å². The molecule has 8 heteroatoms. The first kappa shape index (κ1) is 11.2. The highest BCUT2D eigenvalue weighted by Gasteiger charge is 2.47. The minimum atomic E-state index is -1.07. The predicted octanol–water partition coefficient (Wildman–Crippen LogP) is -1.79. The van der Waals surface area contributed by atoms with E-state index in [0.717, 1.165) is 4.90 Å². The molecule has 2 heterocycles. The highest BCUT2D eigenvalue weighted by atomic mass is 16.2. The van der Waals surface area contributed by atoms with Crippen molar-refractivity contribution in [3.8, 4) is 0 Å². The number of carbonyl (C=O) groups excluding carboxylic acids is 5. The molecule has 1 atom stereocenters. The molecule has 0 spiro atoms. The van der Waals surface area contributed by atoms with Gasteiger partial charge in [0.15, 0.2) is 0 Å². The molecule has 0 aromatic rings. The summed E-state index contributed by atoms with van der Waals surface area (Å²) in [4.78, 5) is 58.1. The Morgan fingerprint density at radius 2 is 1.82 bits per heavy atom. The van der Waals surface area contributed by atoms with E-state index in [1.807, 2.05) is 0 Å². The Balaban J connectivity index is 2.26. The topological polar surface area (TPSA) is 104 Å². The van der Waals surface area contributed by atoms with E-state index in [0.29, 0.717) is 4.90 Å². The standard InChI is InChI=1S/C9H9N3O5/c1-11-5(13)3-2-4(7(11)15)12-8(16)6(14)10-9(12)17/h4H,2-3H2,1H3,(H,10,14,17). The van der Waals surface area contributed by atoms with E-state index in [9.17, 15) is 24.0 Å². The van der Waals surface area contributed by atoms with Crippen molar-refractivity contribution in [3.05, 3.63) is 0 Å². The molecule has 2 aliphatic heterocycles. The van der Waals surface area contributed by atoms with Crippen molar-refractivity contribution in [1.29, 1.82) is 0 Å². The summed E-state index contributed by atoms with van der Waals surface area (Å²) in [6.45, 7) is 0. The minimum Gasteiger partial charge on any atom is -0.284 e. The van der Waals surface area contributed by atoms with E-state index in [4.69, 9.17) is 0 Å². The summed E-state index contributed by atoms with van der Waals surface area (Å²) in [6, 6.07) is -1.99. The zero-order valence-electron chi connectivity index (χ0n) is 8.93. The Bertz CT molecular complexity index is 458. The van der Waals surface area contributed by atoms with Gasteiger partial charge < -0.3 is 0 Å². The van der Waals surface area contributed by atoms with Crippen LogP contribution in [-0.4, -0.2) is 52.5 Å². The Labute approximate surface area is 95.5 Å². The zero-order valence-corrected chi connectivity index (χ0v) is 8.93. The van der Waals surface area contributed by atoms with E-state index in [-0.39, 0.29) is 18.7 Å². The molecule has 6 amide bonds. The van der Waals surface area contributed by atoms with Crippen LogP contribution in [-0.2, 0) is 19.2 Å². The average molecular weight is 239 g/mol. The van der Waals surface area contributed by atoms with Crippen LogP contribution in [0.25, 0.3) is 0 Å². The van der Waals surface area contributed by atoms with E-state index in [2.05, 4.69) is 0 Å². The molecule has 0 aliphatic carbocycles. The molecule has 90 valence electrons. The number of likely N-dealkylation sites (tertiary alicyclic amines) is 1. The maximum atomic E-state index is 11.7. The van der Waals surface area contributed by atoms with Gasteiger partial charge in [-0.15, -0.1) is 0 Å². The lowest BCUT2D eigenvalue weighted by molar-refractivity contribution is -0.153. The van der Waals surface area contributed by atoms with E-state index in [1.165, 1.54) is 7.05 Å². The molecular formula is C9H9N3O5. The third-order valence-corrected chi connectivity index (χ3v) is 2.79. The molecule has 0 radical (unpaired) electrons. The number of nitrogens with one attached hydrogen (secondary N) is 1. The second-order valence-electron chi connectivity index (χ2n) is 3.78. The first-order valence-electron chi connectivity index (χ1n) is 4.92. The number of amides is 6. The van der Waals surface area contributed by atoms with Crippen molar-refractivity contribution < 1.29 is 24.0 Å². The quantitative estimate of drug-likeness (QED) is 0.330. The van der Waals surface area contributed by atoms with Crippen molar-refractivity contribution in [2.45, 2.75) is 18.9 Å². The van der Waals surface area contributed by atoms with Crippen LogP contribution in [0.1, 0.15) is 12.8 Å². The largest absolute Gasteiger partial charge is 0.332 e. The van der Waals surface area contributed by atoms with Crippen molar-refractivity contribution in [2.24, 2.45) is 0 Å². The van der Waals surface area contributed by atoms with Crippen molar-refractivity contribution in [3.63, 3.8) is 0 Å². The van der Waals surface area contributed by atoms with Gasteiger partial charge in [-0.3, -0.25) is 29.4 Å².